The van der Waals surface area contributed by atoms with E-state index >= 15 is 0 Å². The van der Waals surface area contributed by atoms with Crippen molar-refractivity contribution in [2.75, 3.05) is 19.7 Å². The molecule has 152 valence electrons. The van der Waals surface area contributed by atoms with Crippen LogP contribution in [0.3, 0.4) is 0 Å². The maximum atomic E-state index is 12.9. The van der Waals surface area contributed by atoms with E-state index in [0.29, 0.717) is 13.0 Å². The van der Waals surface area contributed by atoms with Gasteiger partial charge in [-0.05, 0) is 55.2 Å². The number of rotatable bonds is 7. The highest BCUT2D eigenvalue weighted by molar-refractivity contribution is 7.07. The molecule has 0 amide bonds. The molecule has 2 aromatic heterocycles. The van der Waals surface area contributed by atoms with Crippen LogP contribution in [-0.4, -0.2) is 35.7 Å². The molecule has 4 rings (SSSR count). The van der Waals surface area contributed by atoms with Crippen molar-refractivity contribution in [2.45, 2.75) is 32.7 Å². The number of likely N-dealkylation sites (tertiary alicyclic amines) is 1. The molecule has 6 heteroatoms. The van der Waals surface area contributed by atoms with Gasteiger partial charge in [-0.1, -0.05) is 35.5 Å². The maximum Gasteiger partial charge on any atom is 0.312 e. The fourth-order valence-corrected chi connectivity index (χ4v) is 4.65. The van der Waals surface area contributed by atoms with Gasteiger partial charge in [0.05, 0.1) is 12.0 Å². The fourth-order valence-electron chi connectivity index (χ4n) is 3.99. The Hall–Kier alpha value is -2.44. The van der Waals surface area contributed by atoms with Gasteiger partial charge in [0.2, 0.25) is 0 Å². The van der Waals surface area contributed by atoms with Crippen molar-refractivity contribution >= 4 is 17.3 Å². The Kier molecular flexibility index (Phi) is 6.11. The Bertz CT molecular complexity index is 913. The number of esters is 1. The highest BCUT2D eigenvalue weighted by atomic mass is 32.1. The monoisotopic (exact) mass is 410 g/mol. The number of carbonyl (C=O) groups excluding carboxylic acids is 1. The quantitative estimate of drug-likeness (QED) is 0.524. The van der Waals surface area contributed by atoms with Gasteiger partial charge in [0, 0.05) is 24.6 Å². The lowest BCUT2D eigenvalue weighted by Crippen LogP contribution is -2.46. The number of benzene rings is 1. The predicted molar refractivity (Wildman–Crippen MR) is 114 cm³/mol. The third kappa shape index (κ3) is 4.60. The molecule has 0 bridgehead atoms. The van der Waals surface area contributed by atoms with Crippen LogP contribution in [-0.2, 0) is 22.5 Å². The molecule has 1 fully saturated rings. The Balaban J connectivity index is 1.48. The van der Waals surface area contributed by atoms with Crippen molar-refractivity contribution in [1.29, 1.82) is 0 Å². The van der Waals surface area contributed by atoms with E-state index in [4.69, 9.17) is 9.26 Å². The minimum absolute atomic E-state index is 0.118. The van der Waals surface area contributed by atoms with Crippen molar-refractivity contribution in [3.63, 3.8) is 0 Å². The van der Waals surface area contributed by atoms with Gasteiger partial charge in [-0.15, -0.1) is 0 Å². The van der Waals surface area contributed by atoms with Crippen LogP contribution in [0.4, 0.5) is 0 Å². The van der Waals surface area contributed by atoms with Gasteiger partial charge in [0.15, 0.2) is 0 Å². The van der Waals surface area contributed by atoms with E-state index in [0.717, 1.165) is 49.5 Å². The third-order valence-electron chi connectivity index (χ3n) is 5.65. The van der Waals surface area contributed by atoms with E-state index in [1.54, 1.807) is 11.3 Å². The summed E-state index contributed by atoms with van der Waals surface area (Å²) in [6.07, 6.45) is 2.05. The van der Waals surface area contributed by atoms with Crippen LogP contribution in [0.15, 0.2) is 57.7 Å². The molecule has 1 aliphatic heterocycles. The number of hydrogen-bond acceptors (Lipinski definition) is 6. The number of carbonyl (C=O) groups is 1. The molecular weight excluding hydrogens is 384 g/mol. The summed E-state index contributed by atoms with van der Waals surface area (Å²) in [4.78, 5) is 15.3. The first-order chi connectivity index (χ1) is 14.2. The van der Waals surface area contributed by atoms with Gasteiger partial charge in [0.1, 0.15) is 11.5 Å². The molecule has 0 unspecified atom stereocenters. The molecule has 1 aromatic carbocycles. The Morgan fingerprint density at radius 1 is 1.24 bits per heavy atom. The summed E-state index contributed by atoms with van der Waals surface area (Å²) >= 11 is 1.72. The summed E-state index contributed by atoms with van der Waals surface area (Å²) in [7, 11) is 0. The first-order valence-electron chi connectivity index (χ1n) is 10.1. The first kappa shape index (κ1) is 19.9. The SMILES string of the molecule is CCOC(=O)C1(Cc2cc(-c3ccccc3)no2)CCN(Cc2ccsc2)CC1. The molecule has 3 heterocycles. The van der Waals surface area contributed by atoms with Crippen LogP contribution in [0.25, 0.3) is 11.3 Å². The molecule has 0 N–H and O–H groups in total. The highest BCUT2D eigenvalue weighted by Crippen LogP contribution is 2.38. The number of aromatic nitrogens is 1. The zero-order chi connectivity index (χ0) is 20.1. The average molecular weight is 411 g/mol. The summed E-state index contributed by atoms with van der Waals surface area (Å²) in [5, 5.41) is 8.51. The third-order valence-corrected chi connectivity index (χ3v) is 6.38. The normalized spacial score (nSPS) is 16.6. The molecule has 1 aliphatic rings. The van der Waals surface area contributed by atoms with E-state index in [9.17, 15) is 4.79 Å². The molecule has 1 saturated heterocycles. The summed E-state index contributed by atoms with van der Waals surface area (Å²) in [5.41, 5.74) is 2.60. The van der Waals surface area contributed by atoms with Crippen molar-refractivity contribution in [3.05, 3.63) is 64.5 Å². The first-order valence-corrected chi connectivity index (χ1v) is 11.0. The molecule has 5 nitrogen and oxygen atoms in total. The Morgan fingerprint density at radius 2 is 2.03 bits per heavy atom. The van der Waals surface area contributed by atoms with Crippen LogP contribution in [0.1, 0.15) is 31.1 Å². The topological polar surface area (TPSA) is 55.6 Å². The van der Waals surface area contributed by atoms with Crippen molar-refractivity contribution < 1.29 is 14.1 Å². The van der Waals surface area contributed by atoms with Gasteiger partial charge in [-0.25, -0.2) is 0 Å². The zero-order valence-corrected chi connectivity index (χ0v) is 17.5. The number of piperidine rings is 1. The average Bonchev–Trinajstić information content (AvgIpc) is 3.43. The van der Waals surface area contributed by atoms with Crippen molar-refractivity contribution in [2.24, 2.45) is 5.41 Å². The lowest BCUT2D eigenvalue weighted by atomic mass is 9.75. The van der Waals surface area contributed by atoms with Gasteiger partial charge < -0.3 is 9.26 Å². The molecule has 0 atom stereocenters. The second-order valence-corrected chi connectivity index (χ2v) is 8.41. The zero-order valence-electron chi connectivity index (χ0n) is 16.7. The smallest absolute Gasteiger partial charge is 0.312 e. The number of ether oxygens (including phenoxy) is 1. The largest absolute Gasteiger partial charge is 0.466 e. The minimum Gasteiger partial charge on any atom is -0.466 e. The lowest BCUT2D eigenvalue weighted by Gasteiger charge is -2.39. The standard InChI is InChI=1S/C23H26N2O3S/c1-2-27-22(26)23(9-11-25(12-10-23)16-18-8-13-29-17-18)15-20-14-21(24-28-20)19-6-4-3-5-7-19/h3-8,13-14,17H,2,9-12,15-16H2,1H3. The molecular formula is C23H26N2O3S. The molecule has 0 spiro atoms. The summed E-state index contributed by atoms with van der Waals surface area (Å²) in [6.45, 7) is 4.93. The second kappa shape index (κ2) is 8.93. The van der Waals surface area contributed by atoms with Gasteiger partial charge in [-0.2, -0.15) is 11.3 Å². The van der Waals surface area contributed by atoms with Crippen molar-refractivity contribution in [1.82, 2.24) is 10.1 Å². The van der Waals surface area contributed by atoms with E-state index < -0.39 is 5.41 Å². The van der Waals surface area contributed by atoms with E-state index in [2.05, 4.69) is 26.9 Å². The molecule has 0 aliphatic carbocycles. The van der Waals surface area contributed by atoms with Gasteiger partial charge in [0.25, 0.3) is 0 Å². The van der Waals surface area contributed by atoms with Crippen LogP contribution < -0.4 is 0 Å². The fraction of sp³-hybridized carbons (Fsp3) is 0.391. The van der Waals surface area contributed by atoms with Gasteiger partial charge >= 0.3 is 5.97 Å². The maximum absolute atomic E-state index is 12.9. The number of nitrogens with zero attached hydrogens (tertiary/aromatic N) is 2. The lowest BCUT2D eigenvalue weighted by molar-refractivity contribution is -0.159. The summed E-state index contributed by atoms with van der Waals surface area (Å²) in [5.74, 6) is 0.621. The molecule has 0 saturated carbocycles. The molecule has 3 aromatic rings. The van der Waals surface area contributed by atoms with E-state index in [1.165, 1.54) is 5.56 Å². The Morgan fingerprint density at radius 3 is 2.72 bits per heavy atom. The Labute approximate surface area is 175 Å². The van der Waals surface area contributed by atoms with Gasteiger partial charge in [-0.3, -0.25) is 9.69 Å². The molecule has 0 radical (unpaired) electrons. The second-order valence-electron chi connectivity index (χ2n) is 7.63. The van der Waals surface area contributed by atoms with E-state index in [1.807, 2.05) is 43.3 Å². The van der Waals surface area contributed by atoms with E-state index in [-0.39, 0.29) is 5.97 Å². The summed E-state index contributed by atoms with van der Waals surface area (Å²) in [6, 6.07) is 14.1. The minimum atomic E-state index is -0.547. The molecule has 29 heavy (non-hydrogen) atoms. The predicted octanol–water partition coefficient (Wildman–Crippen LogP) is 4.79. The summed E-state index contributed by atoms with van der Waals surface area (Å²) < 4.78 is 11.1. The van der Waals surface area contributed by atoms with Crippen LogP contribution >= 0.6 is 11.3 Å². The van der Waals surface area contributed by atoms with Crippen LogP contribution in [0, 0.1) is 5.41 Å². The number of hydrogen-bond donors (Lipinski definition) is 0. The number of thiophene rings is 1. The highest BCUT2D eigenvalue weighted by Gasteiger charge is 2.43. The van der Waals surface area contributed by atoms with Crippen LogP contribution in [0.5, 0.6) is 0 Å². The van der Waals surface area contributed by atoms with Crippen LogP contribution in [0.2, 0.25) is 0 Å². The van der Waals surface area contributed by atoms with Crippen molar-refractivity contribution in [3.8, 4) is 11.3 Å².